The van der Waals surface area contributed by atoms with Crippen LogP contribution in [0.3, 0.4) is 0 Å². The van der Waals surface area contributed by atoms with Gasteiger partial charge in [-0.2, -0.15) is 0 Å². The number of hydrogen-bond acceptors (Lipinski definition) is 3. The number of carbonyl (C=O) groups excluding carboxylic acids is 1. The van der Waals surface area contributed by atoms with E-state index in [4.69, 9.17) is 5.11 Å². The lowest BCUT2D eigenvalue weighted by atomic mass is 9.85. The van der Waals surface area contributed by atoms with Crippen LogP contribution in [0.5, 0.6) is 0 Å². The Morgan fingerprint density at radius 2 is 1.73 bits per heavy atom. The van der Waals surface area contributed by atoms with Crippen LogP contribution in [0.1, 0.15) is 34.1 Å². The second-order valence-electron chi connectivity index (χ2n) is 4.26. The molecule has 15 heavy (non-hydrogen) atoms. The van der Waals surface area contributed by atoms with E-state index in [-0.39, 0.29) is 0 Å². The van der Waals surface area contributed by atoms with Crippen LogP contribution < -0.4 is 0 Å². The predicted molar refractivity (Wildman–Crippen MR) is 56.4 cm³/mol. The molecule has 0 aliphatic carbocycles. The first-order chi connectivity index (χ1) is 6.72. The van der Waals surface area contributed by atoms with E-state index in [1.807, 2.05) is 0 Å². The molecule has 4 heteroatoms. The first-order valence-corrected chi connectivity index (χ1v) is 4.70. The second kappa shape index (κ2) is 4.96. The summed E-state index contributed by atoms with van der Waals surface area (Å²) in [6, 6.07) is 0. The number of ether oxygens (including phenoxy) is 1. The van der Waals surface area contributed by atoms with Crippen molar-refractivity contribution in [3.63, 3.8) is 0 Å². The normalized spacial score (nSPS) is 13.1. The molecule has 0 spiro atoms. The molecule has 0 atom stereocenters. The van der Waals surface area contributed by atoms with E-state index in [0.29, 0.717) is 12.0 Å². The van der Waals surface area contributed by atoms with Crippen molar-refractivity contribution in [2.45, 2.75) is 34.1 Å². The Morgan fingerprint density at radius 1 is 1.27 bits per heavy atom. The van der Waals surface area contributed by atoms with E-state index in [2.05, 4.69) is 4.74 Å². The zero-order chi connectivity index (χ0) is 12.2. The van der Waals surface area contributed by atoms with Crippen LogP contribution in [0.25, 0.3) is 0 Å². The van der Waals surface area contributed by atoms with Crippen LogP contribution in [0.4, 0.5) is 0 Å². The van der Waals surface area contributed by atoms with Crippen molar-refractivity contribution >= 4 is 11.9 Å². The largest absolute Gasteiger partial charge is 0.481 e. The SMILES string of the molecule is COC(=O)/C(C)=C(/C)CC(C)(C)C(=O)O. The van der Waals surface area contributed by atoms with Gasteiger partial charge in [-0.05, 0) is 34.1 Å². The van der Waals surface area contributed by atoms with Gasteiger partial charge in [0.15, 0.2) is 0 Å². The fourth-order valence-electron chi connectivity index (χ4n) is 1.20. The summed E-state index contributed by atoms with van der Waals surface area (Å²) in [4.78, 5) is 22.1. The number of carboxylic acid groups (broad SMARTS) is 1. The van der Waals surface area contributed by atoms with E-state index in [1.165, 1.54) is 7.11 Å². The summed E-state index contributed by atoms with van der Waals surface area (Å²) in [5, 5.41) is 8.93. The van der Waals surface area contributed by atoms with E-state index in [9.17, 15) is 9.59 Å². The summed E-state index contributed by atoms with van der Waals surface area (Å²) in [7, 11) is 1.31. The van der Waals surface area contributed by atoms with Crippen molar-refractivity contribution in [3.8, 4) is 0 Å². The van der Waals surface area contributed by atoms with Crippen molar-refractivity contribution in [1.82, 2.24) is 0 Å². The van der Waals surface area contributed by atoms with Gasteiger partial charge >= 0.3 is 11.9 Å². The lowest BCUT2D eigenvalue weighted by Crippen LogP contribution is -2.24. The molecule has 0 bridgehead atoms. The maximum atomic E-state index is 11.2. The summed E-state index contributed by atoms with van der Waals surface area (Å²) in [5.74, 6) is -1.28. The number of hydrogen-bond donors (Lipinski definition) is 1. The fraction of sp³-hybridized carbons (Fsp3) is 0.636. The number of aliphatic carboxylic acids is 1. The molecular weight excluding hydrogens is 196 g/mol. The van der Waals surface area contributed by atoms with Crippen LogP contribution in [0, 0.1) is 5.41 Å². The molecule has 0 unspecified atom stereocenters. The van der Waals surface area contributed by atoms with Gasteiger partial charge in [-0.25, -0.2) is 4.79 Å². The van der Waals surface area contributed by atoms with E-state index < -0.39 is 17.4 Å². The van der Waals surface area contributed by atoms with Gasteiger partial charge in [0.25, 0.3) is 0 Å². The Labute approximate surface area is 89.9 Å². The molecule has 0 amide bonds. The standard InChI is InChI=1S/C11H18O4/c1-7(8(2)9(12)15-5)6-11(3,4)10(13)14/h6H2,1-5H3,(H,13,14)/b8-7-. The summed E-state index contributed by atoms with van der Waals surface area (Å²) in [6.07, 6.45) is 0.337. The Balaban J connectivity index is 4.82. The number of carbonyl (C=O) groups is 2. The van der Waals surface area contributed by atoms with Gasteiger partial charge in [0.1, 0.15) is 0 Å². The molecule has 0 radical (unpaired) electrons. The van der Waals surface area contributed by atoms with Gasteiger partial charge in [-0.3, -0.25) is 4.79 Å². The highest BCUT2D eigenvalue weighted by molar-refractivity contribution is 5.88. The highest BCUT2D eigenvalue weighted by Crippen LogP contribution is 2.27. The number of methoxy groups -OCH3 is 1. The number of allylic oxidation sites excluding steroid dienone is 1. The van der Waals surface area contributed by atoms with Crippen LogP contribution in [0.2, 0.25) is 0 Å². The van der Waals surface area contributed by atoms with Gasteiger partial charge in [-0.15, -0.1) is 0 Å². The molecule has 0 aliphatic heterocycles. The minimum absolute atomic E-state index is 0.337. The molecule has 0 saturated heterocycles. The fourth-order valence-corrected chi connectivity index (χ4v) is 1.20. The molecule has 0 aromatic rings. The average Bonchev–Trinajstić information content (AvgIpc) is 2.14. The molecule has 0 aliphatic rings. The molecular formula is C11H18O4. The predicted octanol–water partition coefficient (Wildman–Crippen LogP) is 2.00. The van der Waals surface area contributed by atoms with Gasteiger partial charge in [0.2, 0.25) is 0 Å². The maximum Gasteiger partial charge on any atom is 0.333 e. The van der Waals surface area contributed by atoms with Gasteiger partial charge < -0.3 is 9.84 Å². The first kappa shape index (κ1) is 13.7. The van der Waals surface area contributed by atoms with Gasteiger partial charge in [0.05, 0.1) is 12.5 Å². The summed E-state index contributed by atoms with van der Waals surface area (Å²) >= 11 is 0. The second-order valence-corrected chi connectivity index (χ2v) is 4.26. The number of esters is 1. The van der Waals surface area contributed by atoms with Crippen molar-refractivity contribution in [2.75, 3.05) is 7.11 Å². The van der Waals surface area contributed by atoms with Crippen LogP contribution in [-0.2, 0) is 14.3 Å². The zero-order valence-electron chi connectivity index (χ0n) is 9.88. The summed E-state index contributed by atoms with van der Waals surface area (Å²) in [6.45, 7) is 6.64. The molecule has 0 rings (SSSR count). The third-order valence-corrected chi connectivity index (χ3v) is 2.42. The number of carboxylic acids is 1. The Kier molecular flexibility index (Phi) is 4.52. The maximum absolute atomic E-state index is 11.2. The highest BCUT2D eigenvalue weighted by atomic mass is 16.5. The first-order valence-electron chi connectivity index (χ1n) is 4.70. The summed E-state index contributed by atoms with van der Waals surface area (Å²) < 4.78 is 4.56. The minimum atomic E-state index is -0.875. The quantitative estimate of drug-likeness (QED) is 0.574. The Morgan fingerprint density at radius 3 is 2.07 bits per heavy atom. The highest BCUT2D eigenvalue weighted by Gasteiger charge is 2.28. The molecule has 0 aromatic carbocycles. The lowest BCUT2D eigenvalue weighted by Gasteiger charge is -2.20. The molecule has 0 saturated carbocycles. The Hall–Kier alpha value is -1.32. The van der Waals surface area contributed by atoms with Crippen molar-refractivity contribution in [3.05, 3.63) is 11.1 Å². The minimum Gasteiger partial charge on any atom is -0.481 e. The Bertz CT molecular complexity index is 300. The van der Waals surface area contributed by atoms with Gasteiger partial charge in [-0.1, -0.05) is 5.57 Å². The topological polar surface area (TPSA) is 63.6 Å². The third kappa shape index (κ3) is 3.73. The zero-order valence-corrected chi connectivity index (χ0v) is 9.88. The molecule has 0 fully saturated rings. The van der Waals surface area contributed by atoms with E-state index in [0.717, 1.165) is 5.57 Å². The van der Waals surface area contributed by atoms with E-state index >= 15 is 0 Å². The molecule has 1 N–H and O–H groups in total. The molecule has 4 nitrogen and oxygen atoms in total. The average molecular weight is 214 g/mol. The molecule has 0 aromatic heterocycles. The molecule has 86 valence electrons. The van der Waals surface area contributed by atoms with Crippen molar-refractivity contribution in [1.29, 1.82) is 0 Å². The van der Waals surface area contributed by atoms with Crippen LogP contribution in [0.15, 0.2) is 11.1 Å². The summed E-state index contributed by atoms with van der Waals surface area (Å²) in [5.41, 5.74) is 0.361. The molecule has 0 heterocycles. The number of rotatable bonds is 4. The van der Waals surface area contributed by atoms with Crippen molar-refractivity contribution < 1.29 is 19.4 Å². The van der Waals surface area contributed by atoms with Crippen molar-refractivity contribution in [2.24, 2.45) is 5.41 Å². The van der Waals surface area contributed by atoms with Crippen LogP contribution >= 0.6 is 0 Å². The third-order valence-electron chi connectivity index (χ3n) is 2.42. The smallest absolute Gasteiger partial charge is 0.333 e. The lowest BCUT2D eigenvalue weighted by molar-refractivity contribution is -0.147. The van der Waals surface area contributed by atoms with Gasteiger partial charge in [0, 0.05) is 5.57 Å². The van der Waals surface area contributed by atoms with E-state index in [1.54, 1.807) is 27.7 Å². The monoisotopic (exact) mass is 214 g/mol. The van der Waals surface area contributed by atoms with Crippen LogP contribution in [-0.4, -0.2) is 24.2 Å².